The topological polar surface area (TPSA) is 52.7 Å². The van der Waals surface area contributed by atoms with Gasteiger partial charge in [0.1, 0.15) is 0 Å². The summed E-state index contributed by atoms with van der Waals surface area (Å²) < 4.78 is 0. The summed E-state index contributed by atoms with van der Waals surface area (Å²) in [6.07, 6.45) is 3.58. The first-order chi connectivity index (χ1) is 13.7. The van der Waals surface area contributed by atoms with Crippen molar-refractivity contribution < 1.29 is 9.59 Å². The molecule has 29 heavy (non-hydrogen) atoms. The molecular weight excluding hydrogens is 362 g/mol. The summed E-state index contributed by atoms with van der Waals surface area (Å²) in [5.41, 5.74) is 2.32. The third-order valence-corrected chi connectivity index (χ3v) is 6.22. The Hall–Kier alpha value is -1.88. The largest absolute Gasteiger partial charge is 0.353 e. The number of nitrogens with zero attached hydrogens (tertiary/aromatic N) is 2. The molecule has 2 amide bonds. The van der Waals surface area contributed by atoms with Gasteiger partial charge in [-0.15, -0.1) is 0 Å². The third kappa shape index (κ3) is 6.05. The summed E-state index contributed by atoms with van der Waals surface area (Å²) in [7, 11) is 0. The lowest BCUT2D eigenvalue weighted by Gasteiger charge is -2.36. The molecule has 0 bridgehead atoms. The van der Waals surface area contributed by atoms with Gasteiger partial charge in [-0.1, -0.05) is 50.6 Å². The molecule has 0 unspecified atom stereocenters. The highest BCUT2D eigenvalue weighted by atomic mass is 16.2. The number of nitrogens with one attached hydrogen (secondary N) is 1. The van der Waals surface area contributed by atoms with Crippen LogP contribution >= 0.6 is 0 Å². The van der Waals surface area contributed by atoms with E-state index in [1.54, 1.807) is 0 Å². The molecule has 1 aromatic carbocycles. The number of hydrogen-bond acceptors (Lipinski definition) is 3. The predicted molar refractivity (Wildman–Crippen MR) is 116 cm³/mol. The third-order valence-electron chi connectivity index (χ3n) is 6.22. The van der Waals surface area contributed by atoms with Gasteiger partial charge in [-0.3, -0.25) is 14.5 Å². The van der Waals surface area contributed by atoms with Crippen molar-refractivity contribution in [2.45, 2.75) is 66.0 Å². The zero-order valence-corrected chi connectivity index (χ0v) is 18.5. The van der Waals surface area contributed by atoms with E-state index in [-0.39, 0.29) is 29.2 Å². The number of likely N-dealkylation sites (tertiary alicyclic amines) is 2. The Bertz CT molecular complexity index is 709. The standard InChI is InChI=1S/C24H37N3O2/c1-18-6-5-7-19(16-18)17-26-12-10-21(11-13-26)25-22(28)20-8-14-27(15-9-20)23(29)24(2,3)4/h5-7,16,20-21H,8-15,17H2,1-4H3,(H,25,28). The van der Waals surface area contributed by atoms with Crippen molar-refractivity contribution in [2.75, 3.05) is 26.2 Å². The van der Waals surface area contributed by atoms with Crippen molar-refractivity contribution in [3.8, 4) is 0 Å². The Kier molecular flexibility index (Phi) is 6.99. The number of carbonyl (C=O) groups is 2. The van der Waals surface area contributed by atoms with Crippen LogP contribution in [0.5, 0.6) is 0 Å². The molecular formula is C24H37N3O2. The molecule has 2 aliphatic rings. The number of hydrogen-bond donors (Lipinski definition) is 1. The highest BCUT2D eigenvalue weighted by Crippen LogP contribution is 2.24. The molecule has 0 spiro atoms. The first-order valence-electron chi connectivity index (χ1n) is 11.1. The molecule has 0 aliphatic carbocycles. The van der Waals surface area contributed by atoms with Gasteiger partial charge in [0.05, 0.1) is 0 Å². The highest BCUT2D eigenvalue weighted by molar-refractivity contribution is 5.82. The Balaban J connectivity index is 1.39. The second-order valence-corrected chi connectivity index (χ2v) is 9.86. The first-order valence-corrected chi connectivity index (χ1v) is 11.1. The molecule has 1 N–H and O–H groups in total. The van der Waals surface area contributed by atoms with E-state index in [9.17, 15) is 9.59 Å². The van der Waals surface area contributed by atoms with E-state index in [2.05, 4.69) is 41.4 Å². The smallest absolute Gasteiger partial charge is 0.227 e. The van der Waals surface area contributed by atoms with Crippen molar-refractivity contribution in [2.24, 2.45) is 11.3 Å². The van der Waals surface area contributed by atoms with Gasteiger partial charge in [0.15, 0.2) is 0 Å². The molecule has 2 aliphatic heterocycles. The minimum Gasteiger partial charge on any atom is -0.353 e. The summed E-state index contributed by atoms with van der Waals surface area (Å²) in [4.78, 5) is 29.5. The summed E-state index contributed by atoms with van der Waals surface area (Å²) in [5, 5.41) is 3.29. The Morgan fingerprint density at radius 3 is 2.28 bits per heavy atom. The molecule has 5 heteroatoms. The zero-order chi connectivity index (χ0) is 21.0. The van der Waals surface area contributed by atoms with Crippen molar-refractivity contribution >= 4 is 11.8 Å². The average Bonchev–Trinajstić information content (AvgIpc) is 2.68. The van der Waals surface area contributed by atoms with E-state index in [0.29, 0.717) is 13.1 Å². The molecule has 0 radical (unpaired) electrons. The maximum absolute atomic E-state index is 12.7. The lowest BCUT2D eigenvalue weighted by Crippen LogP contribution is -2.49. The van der Waals surface area contributed by atoms with Gasteiger partial charge in [0.2, 0.25) is 11.8 Å². The maximum atomic E-state index is 12.7. The Morgan fingerprint density at radius 2 is 1.69 bits per heavy atom. The second-order valence-electron chi connectivity index (χ2n) is 9.86. The molecule has 3 rings (SSSR count). The van der Waals surface area contributed by atoms with Crippen LogP contribution in [-0.2, 0) is 16.1 Å². The Labute approximate surface area is 175 Å². The van der Waals surface area contributed by atoms with Gasteiger partial charge >= 0.3 is 0 Å². The predicted octanol–water partition coefficient (Wildman–Crippen LogP) is 3.36. The van der Waals surface area contributed by atoms with Crippen molar-refractivity contribution in [3.63, 3.8) is 0 Å². The van der Waals surface area contributed by atoms with E-state index < -0.39 is 0 Å². The van der Waals surface area contributed by atoms with Crippen molar-refractivity contribution in [3.05, 3.63) is 35.4 Å². The monoisotopic (exact) mass is 399 g/mol. The van der Waals surface area contributed by atoms with Crippen LogP contribution in [-0.4, -0.2) is 53.8 Å². The number of rotatable bonds is 4. The van der Waals surface area contributed by atoms with Gasteiger partial charge in [-0.2, -0.15) is 0 Å². The first kappa shape index (κ1) is 21.8. The lowest BCUT2D eigenvalue weighted by atomic mass is 9.90. The molecule has 0 atom stereocenters. The van der Waals surface area contributed by atoms with Crippen molar-refractivity contribution in [1.82, 2.24) is 15.1 Å². The molecule has 1 aromatic rings. The van der Waals surface area contributed by atoms with Crippen LogP contribution in [0.2, 0.25) is 0 Å². The highest BCUT2D eigenvalue weighted by Gasteiger charge is 2.33. The van der Waals surface area contributed by atoms with Gasteiger partial charge < -0.3 is 10.2 Å². The van der Waals surface area contributed by atoms with Crippen molar-refractivity contribution in [1.29, 1.82) is 0 Å². The van der Waals surface area contributed by atoms with Gasteiger partial charge in [-0.25, -0.2) is 0 Å². The van der Waals surface area contributed by atoms with E-state index in [0.717, 1.165) is 45.3 Å². The molecule has 0 saturated carbocycles. The second kappa shape index (κ2) is 9.29. The molecule has 160 valence electrons. The van der Waals surface area contributed by atoms with Crippen LogP contribution in [0.1, 0.15) is 57.6 Å². The number of piperidine rings is 2. The summed E-state index contributed by atoms with van der Waals surface area (Å²) >= 11 is 0. The van der Waals surface area contributed by atoms with Gasteiger partial charge in [0.25, 0.3) is 0 Å². The number of aryl methyl sites for hydroxylation is 1. The SMILES string of the molecule is Cc1cccc(CN2CCC(NC(=O)C3CCN(C(=O)C(C)(C)C)CC3)CC2)c1. The molecule has 2 heterocycles. The van der Waals surface area contributed by atoms with E-state index in [4.69, 9.17) is 0 Å². The van der Waals surface area contributed by atoms with Gasteiger partial charge in [0, 0.05) is 50.1 Å². The minimum absolute atomic E-state index is 0.0457. The number of carbonyl (C=O) groups excluding carboxylic acids is 2. The van der Waals surface area contributed by atoms with E-state index in [1.165, 1.54) is 11.1 Å². The van der Waals surface area contributed by atoms with Crippen LogP contribution in [0, 0.1) is 18.3 Å². The lowest BCUT2D eigenvalue weighted by molar-refractivity contribution is -0.142. The number of amides is 2. The summed E-state index contributed by atoms with van der Waals surface area (Å²) in [5.74, 6) is 0.423. The summed E-state index contributed by atoms with van der Waals surface area (Å²) in [6, 6.07) is 8.99. The van der Waals surface area contributed by atoms with Gasteiger partial charge in [-0.05, 0) is 38.2 Å². The number of benzene rings is 1. The summed E-state index contributed by atoms with van der Waals surface area (Å²) in [6.45, 7) is 12.4. The zero-order valence-electron chi connectivity index (χ0n) is 18.5. The molecule has 2 saturated heterocycles. The Morgan fingerprint density at radius 1 is 1.03 bits per heavy atom. The van der Waals surface area contributed by atoms with E-state index >= 15 is 0 Å². The fourth-order valence-corrected chi connectivity index (χ4v) is 4.44. The van der Waals surface area contributed by atoms with Crippen LogP contribution in [0.25, 0.3) is 0 Å². The molecule has 5 nitrogen and oxygen atoms in total. The van der Waals surface area contributed by atoms with Crippen LogP contribution < -0.4 is 5.32 Å². The minimum atomic E-state index is -0.346. The molecule has 0 aromatic heterocycles. The van der Waals surface area contributed by atoms with E-state index in [1.807, 2.05) is 25.7 Å². The fraction of sp³-hybridized carbons (Fsp3) is 0.667. The van der Waals surface area contributed by atoms with Crippen LogP contribution in [0.15, 0.2) is 24.3 Å². The normalized spacial score (nSPS) is 19.9. The van der Waals surface area contributed by atoms with Crippen LogP contribution in [0.3, 0.4) is 0 Å². The quantitative estimate of drug-likeness (QED) is 0.845. The average molecular weight is 400 g/mol. The van der Waals surface area contributed by atoms with Crippen LogP contribution in [0.4, 0.5) is 0 Å². The molecule has 2 fully saturated rings. The maximum Gasteiger partial charge on any atom is 0.227 e. The fourth-order valence-electron chi connectivity index (χ4n) is 4.44.